The molecule has 1 heteroatoms. The van der Waals surface area contributed by atoms with Gasteiger partial charge in [-0.1, -0.05) is 52.0 Å². The van der Waals surface area contributed by atoms with Crippen LogP contribution in [0.3, 0.4) is 0 Å². The minimum Gasteiger partial charge on any atom is -0.324 e. The van der Waals surface area contributed by atoms with Crippen LogP contribution in [0.4, 0.5) is 0 Å². The van der Waals surface area contributed by atoms with Crippen molar-refractivity contribution in [3.05, 3.63) is 35.4 Å². The van der Waals surface area contributed by atoms with E-state index in [4.69, 9.17) is 5.73 Å². The summed E-state index contributed by atoms with van der Waals surface area (Å²) < 4.78 is 0. The molecule has 0 fully saturated rings. The molecule has 0 aromatic heterocycles. The quantitative estimate of drug-likeness (QED) is 0.787. The molecule has 0 bridgehead atoms. The van der Waals surface area contributed by atoms with Gasteiger partial charge in [-0.05, 0) is 35.8 Å². The summed E-state index contributed by atoms with van der Waals surface area (Å²) in [4.78, 5) is 0. The lowest BCUT2D eigenvalue weighted by molar-refractivity contribution is 0.507. The van der Waals surface area contributed by atoms with Crippen LogP contribution < -0.4 is 5.73 Å². The Balaban J connectivity index is 2.59. The first kappa shape index (κ1) is 13.2. The molecule has 16 heavy (non-hydrogen) atoms. The smallest absolute Gasteiger partial charge is 0.0294 e. The minimum absolute atomic E-state index is 0.198. The van der Waals surface area contributed by atoms with Crippen molar-refractivity contribution < 1.29 is 0 Å². The van der Waals surface area contributed by atoms with Gasteiger partial charge < -0.3 is 5.73 Å². The molecule has 0 amide bonds. The predicted octanol–water partition coefficient (Wildman–Crippen LogP) is 4.25. The van der Waals surface area contributed by atoms with Gasteiger partial charge >= 0.3 is 0 Å². The first-order chi connectivity index (χ1) is 7.50. The molecule has 0 saturated carbocycles. The third-order valence-corrected chi connectivity index (χ3v) is 3.09. The van der Waals surface area contributed by atoms with Gasteiger partial charge in [0.1, 0.15) is 0 Å². The molecule has 90 valence electrons. The standard InChI is InChI=1S/C15H25N/c1-11(2)5-10-15(16)14-8-6-13(7-9-14)12(3)4/h6-9,11-12,15H,5,10,16H2,1-4H3. The zero-order chi connectivity index (χ0) is 12.1. The molecule has 0 saturated heterocycles. The highest BCUT2D eigenvalue weighted by Crippen LogP contribution is 2.21. The zero-order valence-electron chi connectivity index (χ0n) is 11.0. The maximum Gasteiger partial charge on any atom is 0.0294 e. The van der Waals surface area contributed by atoms with Crippen molar-refractivity contribution in [1.82, 2.24) is 0 Å². The molecule has 1 unspecified atom stereocenters. The first-order valence-electron chi connectivity index (χ1n) is 6.36. The van der Waals surface area contributed by atoms with Crippen LogP contribution in [0.25, 0.3) is 0 Å². The van der Waals surface area contributed by atoms with E-state index in [1.807, 2.05) is 0 Å². The maximum absolute atomic E-state index is 6.17. The van der Waals surface area contributed by atoms with Crippen molar-refractivity contribution in [3.63, 3.8) is 0 Å². The summed E-state index contributed by atoms with van der Waals surface area (Å²) in [5, 5.41) is 0. The third-order valence-electron chi connectivity index (χ3n) is 3.09. The molecule has 0 aliphatic rings. The highest BCUT2D eigenvalue weighted by molar-refractivity contribution is 5.26. The van der Waals surface area contributed by atoms with Gasteiger partial charge in [0.15, 0.2) is 0 Å². The van der Waals surface area contributed by atoms with Gasteiger partial charge in [0, 0.05) is 6.04 Å². The Kier molecular flexibility index (Phi) is 5.01. The average molecular weight is 219 g/mol. The molecule has 1 aromatic rings. The van der Waals surface area contributed by atoms with Crippen molar-refractivity contribution >= 4 is 0 Å². The molecule has 0 spiro atoms. The van der Waals surface area contributed by atoms with E-state index >= 15 is 0 Å². The normalized spacial score (nSPS) is 13.4. The molecule has 1 nitrogen and oxygen atoms in total. The van der Waals surface area contributed by atoms with Crippen LogP contribution in [-0.4, -0.2) is 0 Å². The Bertz CT molecular complexity index is 298. The first-order valence-corrected chi connectivity index (χ1v) is 6.36. The summed E-state index contributed by atoms with van der Waals surface area (Å²) in [7, 11) is 0. The largest absolute Gasteiger partial charge is 0.324 e. The minimum atomic E-state index is 0.198. The molecule has 0 heterocycles. The third kappa shape index (κ3) is 3.97. The Hall–Kier alpha value is -0.820. The Morgan fingerprint density at radius 2 is 1.38 bits per heavy atom. The van der Waals surface area contributed by atoms with Crippen molar-refractivity contribution in [2.24, 2.45) is 11.7 Å². The molecule has 0 aliphatic carbocycles. The number of hydrogen-bond donors (Lipinski definition) is 1. The van der Waals surface area contributed by atoms with Crippen molar-refractivity contribution in [2.75, 3.05) is 0 Å². The lowest BCUT2D eigenvalue weighted by Crippen LogP contribution is -2.11. The average Bonchev–Trinajstić information content (AvgIpc) is 2.26. The van der Waals surface area contributed by atoms with E-state index < -0.39 is 0 Å². The number of rotatable bonds is 5. The van der Waals surface area contributed by atoms with Crippen molar-refractivity contribution in [2.45, 2.75) is 52.5 Å². The Labute approximate surface area is 100 Å². The predicted molar refractivity (Wildman–Crippen MR) is 71.5 cm³/mol. The number of benzene rings is 1. The lowest BCUT2D eigenvalue weighted by atomic mass is 9.95. The molecular weight excluding hydrogens is 194 g/mol. The fraction of sp³-hybridized carbons (Fsp3) is 0.600. The molecule has 1 rings (SSSR count). The van der Waals surface area contributed by atoms with Crippen LogP contribution in [0.5, 0.6) is 0 Å². The van der Waals surface area contributed by atoms with Crippen LogP contribution >= 0.6 is 0 Å². The second kappa shape index (κ2) is 6.05. The summed E-state index contributed by atoms with van der Waals surface area (Å²) in [5.41, 5.74) is 8.83. The summed E-state index contributed by atoms with van der Waals surface area (Å²) in [6.45, 7) is 8.92. The van der Waals surface area contributed by atoms with E-state index in [2.05, 4.69) is 52.0 Å². The van der Waals surface area contributed by atoms with E-state index in [0.717, 1.165) is 12.3 Å². The van der Waals surface area contributed by atoms with Gasteiger partial charge in [0.25, 0.3) is 0 Å². The van der Waals surface area contributed by atoms with Crippen molar-refractivity contribution in [1.29, 1.82) is 0 Å². The van der Waals surface area contributed by atoms with Crippen LogP contribution in [0, 0.1) is 5.92 Å². The molecule has 0 radical (unpaired) electrons. The van der Waals surface area contributed by atoms with Crippen LogP contribution in [-0.2, 0) is 0 Å². The van der Waals surface area contributed by atoms with E-state index in [9.17, 15) is 0 Å². The van der Waals surface area contributed by atoms with E-state index in [1.165, 1.54) is 17.5 Å². The highest BCUT2D eigenvalue weighted by Gasteiger charge is 2.07. The van der Waals surface area contributed by atoms with E-state index in [0.29, 0.717) is 5.92 Å². The van der Waals surface area contributed by atoms with Crippen molar-refractivity contribution in [3.8, 4) is 0 Å². The summed E-state index contributed by atoms with van der Waals surface area (Å²) in [5.74, 6) is 1.34. The summed E-state index contributed by atoms with van der Waals surface area (Å²) in [6.07, 6.45) is 2.28. The SMILES string of the molecule is CC(C)CCC(N)c1ccc(C(C)C)cc1. The zero-order valence-corrected chi connectivity index (χ0v) is 11.0. The highest BCUT2D eigenvalue weighted by atomic mass is 14.6. The Morgan fingerprint density at radius 1 is 0.875 bits per heavy atom. The van der Waals surface area contributed by atoms with Gasteiger partial charge in [-0.15, -0.1) is 0 Å². The number of hydrogen-bond acceptors (Lipinski definition) is 1. The van der Waals surface area contributed by atoms with Crippen LogP contribution in [0.1, 0.15) is 63.6 Å². The summed E-state index contributed by atoms with van der Waals surface area (Å²) in [6, 6.07) is 8.97. The molecule has 0 aliphatic heterocycles. The topological polar surface area (TPSA) is 26.0 Å². The van der Waals surface area contributed by atoms with Gasteiger partial charge in [-0.25, -0.2) is 0 Å². The maximum atomic E-state index is 6.17. The Morgan fingerprint density at radius 3 is 1.81 bits per heavy atom. The second-order valence-corrected chi connectivity index (χ2v) is 5.40. The molecular formula is C15H25N. The molecule has 2 N–H and O–H groups in total. The monoisotopic (exact) mass is 219 g/mol. The van der Waals surface area contributed by atoms with Gasteiger partial charge in [0.05, 0.1) is 0 Å². The molecule has 1 atom stereocenters. The van der Waals surface area contributed by atoms with Gasteiger partial charge in [-0.3, -0.25) is 0 Å². The van der Waals surface area contributed by atoms with Gasteiger partial charge in [0.2, 0.25) is 0 Å². The van der Waals surface area contributed by atoms with Crippen LogP contribution in [0.15, 0.2) is 24.3 Å². The summed E-state index contributed by atoms with van der Waals surface area (Å²) >= 11 is 0. The number of nitrogens with two attached hydrogens (primary N) is 1. The van der Waals surface area contributed by atoms with Gasteiger partial charge in [-0.2, -0.15) is 0 Å². The van der Waals surface area contributed by atoms with Crippen LogP contribution in [0.2, 0.25) is 0 Å². The fourth-order valence-corrected chi connectivity index (χ4v) is 1.81. The lowest BCUT2D eigenvalue weighted by Gasteiger charge is -2.14. The fourth-order valence-electron chi connectivity index (χ4n) is 1.81. The van der Waals surface area contributed by atoms with E-state index in [-0.39, 0.29) is 6.04 Å². The molecule has 1 aromatic carbocycles. The van der Waals surface area contributed by atoms with E-state index in [1.54, 1.807) is 0 Å². The second-order valence-electron chi connectivity index (χ2n) is 5.40.